The van der Waals surface area contributed by atoms with E-state index < -0.39 is 52.8 Å². The molecule has 1 N–H and O–H groups in total. The molecule has 2 aliphatic carbocycles. The minimum atomic E-state index is -1.48. The summed E-state index contributed by atoms with van der Waals surface area (Å²) in [5, 5.41) is 12.0. The first-order valence-corrected chi connectivity index (χ1v) is 11.9. The van der Waals surface area contributed by atoms with E-state index in [9.17, 15) is 19.5 Å². The molecule has 2 aliphatic heterocycles. The molecule has 1 aromatic carbocycles. The van der Waals surface area contributed by atoms with Crippen LogP contribution in [0.4, 0.5) is 0 Å². The second-order valence-corrected chi connectivity index (χ2v) is 10.5. The lowest BCUT2D eigenvalue weighted by Gasteiger charge is -2.59. The van der Waals surface area contributed by atoms with Crippen LogP contribution in [0.1, 0.15) is 49.9 Å². The molecular weight excluding hydrogens is 492 g/mol. The van der Waals surface area contributed by atoms with Crippen LogP contribution in [0.2, 0.25) is 0 Å². The first-order valence-electron chi connectivity index (χ1n) is 11.1. The molecule has 0 saturated heterocycles. The van der Waals surface area contributed by atoms with Crippen LogP contribution >= 0.6 is 15.9 Å². The average Bonchev–Trinajstić information content (AvgIpc) is 3.03. The van der Waals surface area contributed by atoms with Crippen LogP contribution in [0.3, 0.4) is 0 Å². The highest BCUT2D eigenvalue weighted by molar-refractivity contribution is 9.10. The molecule has 0 radical (unpaired) electrons. The predicted molar refractivity (Wildman–Crippen MR) is 120 cm³/mol. The molecule has 33 heavy (non-hydrogen) atoms. The minimum absolute atomic E-state index is 0.0162. The molecule has 8 heteroatoms. The Kier molecular flexibility index (Phi) is 5.10. The van der Waals surface area contributed by atoms with Gasteiger partial charge < -0.3 is 19.3 Å². The van der Waals surface area contributed by atoms with Gasteiger partial charge in [0, 0.05) is 21.7 Å². The number of fused-ring (bicyclic) bond motifs is 4. The number of esters is 2. The first kappa shape index (κ1) is 22.3. The fraction of sp³-hybridized carbons (Fsp3) is 0.480. The van der Waals surface area contributed by atoms with E-state index in [0.29, 0.717) is 18.4 Å². The normalized spacial score (nSPS) is 37.5. The Hall–Kier alpha value is -2.45. The molecular formula is C25H25BrO7. The number of carbonyl (C=O) groups is 3. The topological polar surface area (TPSA) is 99.1 Å². The maximum atomic E-state index is 13.8. The van der Waals surface area contributed by atoms with Gasteiger partial charge in [-0.1, -0.05) is 49.2 Å². The van der Waals surface area contributed by atoms with Crippen LogP contribution < -0.4 is 0 Å². The maximum Gasteiger partial charge on any atom is 0.351 e. The average molecular weight is 517 g/mol. The Morgan fingerprint density at radius 3 is 2.64 bits per heavy atom. The van der Waals surface area contributed by atoms with E-state index in [2.05, 4.69) is 22.5 Å². The van der Waals surface area contributed by atoms with Crippen molar-refractivity contribution in [2.24, 2.45) is 17.3 Å². The number of ketones is 1. The Morgan fingerprint density at radius 2 is 1.94 bits per heavy atom. The van der Waals surface area contributed by atoms with E-state index in [-0.39, 0.29) is 17.1 Å². The highest BCUT2D eigenvalue weighted by atomic mass is 79.9. The van der Waals surface area contributed by atoms with Gasteiger partial charge in [-0.2, -0.15) is 0 Å². The van der Waals surface area contributed by atoms with Crippen molar-refractivity contribution in [2.45, 2.75) is 57.3 Å². The van der Waals surface area contributed by atoms with Gasteiger partial charge in [-0.3, -0.25) is 4.79 Å². The number of ether oxygens (including phenoxy) is 3. The zero-order valence-electron chi connectivity index (χ0n) is 18.4. The number of aliphatic hydroxyl groups is 1. The van der Waals surface area contributed by atoms with Gasteiger partial charge in [0.1, 0.15) is 17.3 Å². The Bertz CT molecular complexity index is 1110. The van der Waals surface area contributed by atoms with E-state index in [1.54, 1.807) is 31.2 Å². The summed E-state index contributed by atoms with van der Waals surface area (Å²) in [4.78, 5) is 39.4. The number of carbonyl (C=O) groups excluding carboxylic acids is 3. The number of cyclic esters (lactones) is 1. The fourth-order valence-corrected chi connectivity index (χ4v) is 6.44. The molecule has 1 aromatic rings. The summed E-state index contributed by atoms with van der Waals surface area (Å²) in [7, 11) is 0. The van der Waals surface area contributed by atoms with Gasteiger partial charge in [0.05, 0.1) is 5.56 Å². The van der Waals surface area contributed by atoms with Gasteiger partial charge in [0.25, 0.3) is 0 Å². The second-order valence-electron chi connectivity index (χ2n) is 9.62. The number of halogens is 1. The number of hydrogen-bond donors (Lipinski definition) is 1. The lowest BCUT2D eigenvalue weighted by Crippen LogP contribution is -2.70. The van der Waals surface area contributed by atoms with Crippen LogP contribution in [0.25, 0.3) is 0 Å². The number of hydrogen-bond acceptors (Lipinski definition) is 7. The van der Waals surface area contributed by atoms with Crippen molar-refractivity contribution < 1.29 is 33.7 Å². The van der Waals surface area contributed by atoms with Crippen LogP contribution in [-0.4, -0.2) is 40.6 Å². The van der Waals surface area contributed by atoms with Crippen LogP contribution in [0.15, 0.2) is 52.4 Å². The van der Waals surface area contributed by atoms with Gasteiger partial charge in [-0.15, -0.1) is 0 Å². The molecule has 5 rings (SSSR count). The van der Waals surface area contributed by atoms with Gasteiger partial charge in [0.15, 0.2) is 23.4 Å². The number of rotatable bonds is 2. The molecule has 2 fully saturated rings. The molecule has 7 nitrogen and oxygen atoms in total. The SMILES string of the molecule is C=C1OC(=O)C2=C1O[C@@H]1[C@@H](OC(=O)c3ccc(Br)cc3)[C@]3(O)CCCC[C@H]3[C@](C)(C2=O)[C@@H]1C. The monoisotopic (exact) mass is 516 g/mol. The molecule has 0 unspecified atom stereocenters. The summed E-state index contributed by atoms with van der Waals surface area (Å²) in [6.07, 6.45) is 0.584. The van der Waals surface area contributed by atoms with Crippen molar-refractivity contribution in [1.29, 1.82) is 0 Å². The van der Waals surface area contributed by atoms with E-state index in [1.165, 1.54) is 0 Å². The Labute approximate surface area is 199 Å². The summed E-state index contributed by atoms with van der Waals surface area (Å²) in [6.45, 7) is 7.36. The van der Waals surface area contributed by atoms with Gasteiger partial charge >= 0.3 is 11.9 Å². The van der Waals surface area contributed by atoms with Gasteiger partial charge in [-0.25, -0.2) is 9.59 Å². The highest BCUT2D eigenvalue weighted by Gasteiger charge is 2.70. The molecule has 2 bridgehead atoms. The summed E-state index contributed by atoms with van der Waals surface area (Å²) in [5.41, 5.74) is -2.40. The summed E-state index contributed by atoms with van der Waals surface area (Å²) in [5.74, 6) is -2.80. The van der Waals surface area contributed by atoms with E-state index >= 15 is 0 Å². The van der Waals surface area contributed by atoms with Crippen molar-refractivity contribution in [2.75, 3.05) is 0 Å². The van der Waals surface area contributed by atoms with Crippen molar-refractivity contribution in [1.82, 2.24) is 0 Å². The standard InChI is InChI=1S/C25H25BrO7/c1-12-18-21(33-22(28)14-7-9-15(26)10-8-14)25(30)11-5-4-6-16(25)24(12,3)20(27)17-19(32-18)13(2)31-23(17)29/h7-10,12,16,18,21,30H,2,4-6,11H2,1,3H3/t12-,16+,18+,21-,24-,25+/m1/s1. The summed E-state index contributed by atoms with van der Waals surface area (Å²) < 4.78 is 18.1. The van der Waals surface area contributed by atoms with Crippen molar-refractivity contribution in [3.63, 3.8) is 0 Å². The molecule has 2 heterocycles. The van der Waals surface area contributed by atoms with Gasteiger partial charge in [0.2, 0.25) is 0 Å². The van der Waals surface area contributed by atoms with Crippen LogP contribution in [-0.2, 0) is 23.8 Å². The summed E-state index contributed by atoms with van der Waals surface area (Å²) in [6, 6.07) is 6.74. The molecule has 6 atom stereocenters. The zero-order chi connectivity index (χ0) is 23.7. The van der Waals surface area contributed by atoms with E-state index in [0.717, 1.165) is 17.3 Å². The molecule has 2 saturated carbocycles. The zero-order valence-corrected chi connectivity index (χ0v) is 20.0. The van der Waals surface area contributed by atoms with E-state index in [4.69, 9.17) is 14.2 Å². The van der Waals surface area contributed by atoms with Crippen molar-refractivity contribution >= 4 is 33.7 Å². The quantitative estimate of drug-likeness (QED) is 0.470. The third-order valence-corrected chi connectivity index (χ3v) is 8.59. The summed E-state index contributed by atoms with van der Waals surface area (Å²) >= 11 is 3.35. The van der Waals surface area contributed by atoms with Crippen LogP contribution in [0.5, 0.6) is 0 Å². The lowest BCUT2D eigenvalue weighted by atomic mass is 9.48. The Morgan fingerprint density at radius 1 is 1.24 bits per heavy atom. The third kappa shape index (κ3) is 3.06. The second kappa shape index (κ2) is 7.53. The molecule has 0 amide bonds. The van der Waals surface area contributed by atoms with E-state index in [1.807, 2.05) is 6.92 Å². The first-order chi connectivity index (χ1) is 15.6. The third-order valence-electron chi connectivity index (χ3n) is 8.06. The van der Waals surface area contributed by atoms with Crippen LogP contribution in [0, 0.1) is 17.3 Å². The smallest absolute Gasteiger partial charge is 0.351 e. The lowest BCUT2D eigenvalue weighted by molar-refractivity contribution is -0.247. The molecule has 4 aliphatic rings. The molecule has 174 valence electrons. The predicted octanol–water partition coefficient (Wildman–Crippen LogP) is 3.84. The highest BCUT2D eigenvalue weighted by Crippen LogP contribution is 2.60. The molecule has 0 spiro atoms. The van der Waals surface area contributed by atoms with Crippen molar-refractivity contribution in [3.05, 3.63) is 58.0 Å². The maximum absolute atomic E-state index is 13.8. The number of Topliss-reactive ketones (excluding diaryl/α,β-unsaturated/α-hetero) is 1. The van der Waals surface area contributed by atoms with Gasteiger partial charge in [-0.05, 0) is 37.1 Å². The van der Waals surface area contributed by atoms with Crippen molar-refractivity contribution in [3.8, 4) is 0 Å². The number of benzene rings is 1. The molecule has 0 aromatic heterocycles. The Balaban J connectivity index is 1.62. The fourth-order valence-electron chi connectivity index (χ4n) is 6.18. The minimum Gasteiger partial charge on any atom is -0.481 e. The largest absolute Gasteiger partial charge is 0.481 e.